The van der Waals surface area contributed by atoms with Gasteiger partial charge in [-0.3, -0.25) is 4.79 Å². The largest absolute Gasteiger partial charge is 0.335 e. The van der Waals surface area contributed by atoms with Gasteiger partial charge in [0.25, 0.3) is 5.91 Å². The van der Waals surface area contributed by atoms with Crippen molar-refractivity contribution in [1.82, 2.24) is 14.3 Å². The molecule has 0 unspecified atom stereocenters. The third-order valence-electron chi connectivity index (χ3n) is 5.57. The van der Waals surface area contributed by atoms with Crippen LogP contribution in [-0.4, -0.2) is 32.8 Å². The molecule has 1 saturated heterocycles. The first kappa shape index (κ1) is 13.8. The Kier molecular flexibility index (Phi) is 2.98. The van der Waals surface area contributed by atoms with Gasteiger partial charge in [-0.15, -0.1) is 0 Å². The summed E-state index contributed by atoms with van der Waals surface area (Å²) >= 11 is 0. The molecule has 5 rings (SSSR count). The Morgan fingerprint density at radius 3 is 3.04 bits per heavy atom. The van der Waals surface area contributed by atoms with Gasteiger partial charge in [0.15, 0.2) is 0 Å². The van der Waals surface area contributed by atoms with Crippen LogP contribution in [0.5, 0.6) is 0 Å². The van der Waals surface area contributed by atoms with Crippen LogP contribution in [0.25, 0.3) is 5.65 Å². The lowest BCUT2D eigenvalue weighted by atomic mass is 9.88. The normalized spacial score (nSPS) is 22.4. The molecule has 1 aliphatic heterocycles. The predicted molar refractivity (Wildman–Crippen MR) is 92.1 cm³/mol. The smallest absolute Gasteiger partial charge is 0.254 e. The standard InChI is InChI=1S/C20H19N3O/c24-20(15-7-10-22-11-8-21-19(22)13-15)23-9-3-6-17-16-5-2-1-4-14(16)12-18(17)23/h1-2,4-5,7-8,10-11,13,17-18H,3,6,9,12H2/t17-,18+/m0/s1. The average molecular weight is 317 g/mol. The molecule has 3 aromatic rings. The van der Waals surface area contributed by atoms with E-state index >= 15 is 0 Å². The van der Waals surface area contributed by atoms with Crippen molar-refractivity contribution in [3.05, 3.63) is 71.7 Å². The van der Waals surface area contributed by atoms with Gasteiger partial charge in [-0.05, 0) is 42.5 Å². The molecule has 24 heavy (non-hydrogen) atoms. The Labute approximate surface area is 140 Å². The van der Waals surface area contributed by atoms with E-state index < -0.39 is 0 Å². The lowest BCUT2D eigenvalue weighted by Gasteiger charge is -2.38. The summed E-state index contributed by atoms with van der Waals surface area (Å²) < 4.78 is 1.93. The number of imidazole rings is 1. The Morgan fingerprint density at radius 2 is 2.08 bits per heavy atom. The Hall–Kier alpha value is -2.62. The second kappa shape index (κ2) is 5.20. The van der Waals surface area contributed by atoms with E-state index in [0.717, 1.165) is 30.6 Å². The van der Waals surface area contributed by atoms with Crippen molar-refractivity contribution in [2.75, 3.05) is 6.54 Å². The number of aromatic nitrogens is 2. The summed E-state index contributed by atoms with van der Waals surface area (Å²) in [6.07, 6.45) is 8.82. The maximum atomic E-state index is 13.1. The first-order valence-corrected chi connectivity index (χ1v) is 8.63. The van der Waals surface area contributed by atoms with Gasteiger partial charge in [0.2, 0.25) is 0 Å². The van der Waals surface area contributed by atoms with Crippen molar-refractivity contribution in [2.24, 2.45) is 0 Å². The number of rotatable bonds is 1. The highest BCUT2D eigenvalue weighted by Crippen LogP contribution is 2.42. The molecule has 1 aromatic carbocycles. The molecule has 1 aliphatic carbocycles. The first-order chi connectivity index (χ1) is 11.8. The van der Waals surface area contributed by atoms with Crippen LogP contribution in [-0.2, 0) is 6.42 Å². The van der Waals surface area contributed by atoms with E-state index in [1.54, 1.807) is 6.20 Å². The van der Waals surface area contributed by atoms with Crippen LogP contribution in [0, 0.1) is 0 Å². The van der Waals surface area contributed by atoms with Crippen molar-refractivity contribution in [2.45, 2.75) is 31.2 Å². The van der Waals surface area contributed by atoms with E-state index in [9.17, 15) is 4.79 Å². The van der Waals surface area contributed by atoms with Crippen molar-refractivity contribution in [3.63, 3.8) is 0 Å². The molecule has 4 heteroatoms. The molecule has 0 spiro atoms. The predicted octanol–water partition coefficient (Wildman–Crippen LogP) is 3.28. The molecule has 3 heterocycles. The topological polar surface area (TPSA) is 37.6 Å². The molecule has 0 radical (unpaired) electrons. The van der Waals surface area contributed by atoms with Crippen LogP contribution < -0.4 is 0 Å². The van der Waals surface area contributed by atoms with Crippen molar-refractivity contribution in [1.29, 1.82) is 0 Å². The van der Waals surface area contributed by atoms with Gasteiger partial charge in [-0.1, -0.05) is 24.3 Å². The van der Waals surface area contributed by atoms with E-state index in [1.807, 2.05) is 28.9 Å². The maximum Gasteiger partial charge on any atom is 0.254 e. The minimum absolute atomic E-state index is 0.142. The maximum absolute atomic E-state index is 13.1. The zero-order chi connectivity index (χ0) is 16.1. The van der Waals surface area contributed by atoms with Crippen LogP contribution in [0.4, 0.5) is 0 Å². The molecule has 2 aliphatic rings. The van der Waals surface area contributed by atoms with Crippen LogP contribution >= 0.6 is 0 Å². The number of carbonyl (C=O) groups is 1. The van der Waals surface area contributed by atoms with Crippen LogP contribution in [0.1, 0.15) is 40.2 Å². The summed E-state index contributed by atoms with van der Waals surface area (Å²) in [6, 6.07) is 12.8. The van der Waals surface area contributed by atoms with Gasteiger partial charge in [-0.2, -0.15) is 0 Å². The van der Waals surface area contributed by atoms with Crippen LogP contribution in [0.3, 0.4) is 0 Å². The van der Waals surface area contributed by atoms with Crippen LogP contribution in [0.15, 0.2) is 55.0 Å². The fraction of sp³-hybridized carbons (Fsp3) is 0.300. The molecular formula is C20H19N3O. The van der Waals surface area contributed by atoms with E-state index in [-0.39, 0.29) is 5.91 Å². The van der Waals surface area contributed by atoms with Gasteiger partial charge in [0, 0.05) is 42.7 Å². The average Bonchev–Trinajstić information content (AvgIpc) is 3.24. The summed E-state index contributed by atoms with van der Waals surface area (Å²) in [5, 5.41) is 0. The number of nitrogens with zero attached hydrogens (tertiary/aromatic N) is 3. The minimum atomic E-state index is 0.142. The summed E-state index contributed by atoms with van der Waals surface area (Å²) in [7, 11) is 0. The number of hydrogen-bond acceptors (Lipinski definition) is 2. The van der Waals surface area contributed by atoms with Crippen molar-refractivity contribution >= 4 is 11.6 Å². The zero-order valence-electron chi connectivity index (χ0n) is 13.4. The summed E-state index contributed by atoms with van der Waals surface area (Å²) in [5.41, 5.74) is 4.43. The second-order valence-electron chi connectivity index (χ2n) is 6.83. The zero-order valence-corrected chi connectivity index (χ0v) is 13.4. The highest BCUT2D eigenvalue weighted by molar-refractivity contribution is 5.95. The SMILES string of the molecule is O=C(c1ccn2ccnc2c1)N1CCC[C@H]2c3ccccc3C[C@H]21. The molecule has 0 N–H and O–H groups in total. The van der Waals surface area contributed by atoms with Gasteiger partial charge in [-0.25, -0.2) is 4.98 Å². The lowest BCUT2D eigenvalue weighted by Crippen LogP contribution is -2.46. The lowest BCUT2D eigenvalue weighted by molar-refractivity contribution is 0.0595. The first-order valence-electron chi connectivity index (χ1n) is 8.63. The number of amides is 1. The molecular weight excluding hydrogens is 298 g/mol. The molecule has 1 fully saturated rings. The number of hydrogen-bond donors (Lipinski definition) is 0. The van der Waals surface area contributed by atoms with Gasteiger partial charge >= 0.3 is 0 Å². The number of benzene rings is 1. The van der Waals surface area contributed by atoms with E-state index in [2.05, 4.69) is 34.1 Å². The number of pyridine rings is 1. The number of likely N-dealkylation sites (tertiary alicyclic amines) is 1. The fourth-order valence-corrected chi connectivity index (χ4v) is 4.44. The molecule has 1 amide bonds. The molecule has 2 atom stereocenters. The number of carbonyl (C=O) groups excluding carboxylic acids is 1. The van der Waals surface area contributed by atoms with Gasteiger partial charge < -0.3 is 9.30 Å². The van der Waals surface area contributed by atoms with Gasteiger partial charge in [0.05, 0.1) is 0 Å². The number of fused-ring (bicyclic) bond motifs is 4. The monoisotopic (exact) mass is 317 g/mol. The molecule has 0 saturated carbocycles. The van der Waals surface area contributed by atoms with Crippen LogP contribution in [0.2, 0.25) is 0 Å². The number of piperidine rings is 1. The second-order valence-corrected chi connectivity index (χ2v) is 6.83. The fourth-order valence-electron chi connectivity index (χ4n) is 4.44. The summed E-state index contributed by atoms with van der Waals surface area (Å²) in [4.78, 5) is 19.5. The van der Waals surface area contributed by atoms with E-state index in [1.165, 1.54) is 17.5 Å². The third kappa shape index (κ3) is 1.99. The highest BCUT2D eigenvalue weighted by atomic mass is 16.2. The molecule has 2 aromatic heterocycles. The van der Waals surface area contributed by atoms with E-state index in [0.29, 0.717) is 12.0 Å². The molecule has 4 nitrogen and oxygen atoms in total. The Morgan fingerprint density at radius 1 is 1.17 bits per heavy atom. The van der Waals surface area contributed by atoms with E-state index in [4.69, 9.17) is 0 Å². The Bertz CT molecular complexity index is 929. The van der Waals surface area contributed by atoms with Crippen molar-refractivity contribution < 1.29 is 4.79 Å². The molecule has 0 bridgehead atoms. The Balaban J connectivity index is 1.49. The van der Waals surface area contributed by atoms with Gasteiger partial charge in [0.1, 0.15) is 5.65 Å². The third-order valence-corrected chi connectivity index (χ3v) is 5.57. The minimum Gasteiger partial charge on any atom is -0.335 e. The quantitative estimate of drug-likeness (QED) is 0.691. The van der Waals surface area contributed by atoms with Crippen molar-refractivity contribution in [3.8, 4) is 0 Å². The summed E-state index contributed by atoms with van der Waals surface area (Å²) in [6.45, 7) is 0.855. The highest BCUT2D eigenvalue weighted by Gasteiger charge is 2.40. The summed E-state index contributed by atoms with van der Waals surface area (Å²) in [5.74, 6) is 0.636. The molecule has 120 valence electrons.